The number of hydrogen-bond acceptors (Lipinski definition) is 2. The number of nitrogens with one attached hydrogen (secondary N) is 3. The molecule has 1 heterocycles. The minimum Gasteiger partial charge on any atom is -0.334 e. The summed E-state index contributed by atoms with van der Waals surface area (Å²) in [5.41, 5.74) is 5.42. The predicted octanol–water partition coefficient (Wildman–Crippen LogP) is 3.06. The summed E-state index contributed by atoms with van der Waals surface area (Å²) < 4.78 is 0. The third-order valence-electron chi connectivity index (χ3n) is 4.92. The molecule has 128 valence electrons. The summed E-state index contributed by atoms with van der Waals surface area (Å²) >= 11 is 0. The number of rotatable bonds is 3. The number of carbonyl (C=O) groups excluding carboxylic acids is 2. The molecule has 5 nitrogen and oxygen atoms in total. The standard InChI is InChI=1S/C20H21N3O2/c24-19-11-15-10-13(8-9-17(15)22-19)12-21-20(25)23-18-7-3-5-14-4-1-2-6-16(14)18/h1-2,4,6,8-10,18H,3,5,7,11-12H2,(H,22,24)(H2,21,23,25)/t18-/m1/s1. The van der Waals surface area contributed by atoms with Gasteiger partial charge in [0.05, 0.1) is 12.5 Å². The molecule has 2 aromatic rings. The van der Waals surface area contributed by atoms with Crippen molar-refractivity contribution in [3.63, 3.8) is 0 Å². The van der Waals surface area contributed by atoms with Gasteiger partial charge in [0.2, 0.25) is 5.91 Å². The molecule has 0 fully saturated rings. The van der Waals surface area contributed by atoms with Crippen molar-refractivity contribution >= 4 is 17.6 Å². The quantitative estimate of drug-likeness (QED) is 0.807. The van der Waals surface area contributed by atoms with E-state index in [0.29, 0.717) is 13.0 Å². The maximum atomic E-state index is 12.3. The zero-order chi connectivity index (χ0) is 17.2. The largest absolute Gasteiger partial charge is 0.334 e. The molecule has 0 saturated carbocycles. The van der Waals surface area contributed by atoms with Gasteiger partial charge in [0.1, 0.15) is 0 Å². The number of benzene rings is 2. The highest BCUT2D eigenvalue weighted by Gasteiger charge is 2.21. The van der Waals surface area contributed by atoms with Crippen molar-refractivity contribution in [1.29, 1.82) is 0 Å². The molecule has 5 heteroatoms. The van der Waals surface area contributed by atoms with Crippen LogP contribution in [0, 0.1) is 0 Å². The molecule has 0 aromatic heterocycles. The molecule has 0 spiro atoms. The molecular weight excluding hydrogens is 314 g/mol. The molecule has 4 rings (SSSR count). The Morgan fingerprint density at radius 2 is 2.04 bits per heavy atom. The average molecular weight is 335 g/mol. The number of carbonyl (C=O) groups is 2. The van der Waals surface area contributed by atoms with Crippen LogP contribution in [0.1, 0.15) is 41.1 Å². The van der Waals surface area contributed by atoms with Crippen molar-refractivity contribution in [2.45, 2.75) is 38.3 Å². The lowest BCUT2D eigenvalue weighted by Crippen LogP contribution is -2.38. The fourth-order valence-electron chi connectivity index (χ4n) is 3.69. The van der Waals surface area contributed by atoms with Crippen LogP contribution in [0.5, 0.6) is 0 Å². The summed E-state index contributed by atoms with van der Waals surface area (Å²) in [6.07, 6.45) is 3.55. The maximum Gasteiger partial charge on any atom is 0.315 e. The third kappa shape index (κ3) is 3.36. The van der Waals surface area contributed by atoms with E-state index in [2.05, 4.69) is 34.1 Å². The van der Waals surface area contributed by atoms with Gasteiger partial charge in [-0.05, 0) is 47.6 Å². The van der Waals surface area contributed by atoms with Crippen LogP contribution in [0.3, 0.4) is 0 Å². The fraction of sp³-hybridized carbons (Fsp3) is 0.300. The van der Waals surface area contributed by atoms with E-state index in [1.54, 1.807) is 0 Å². The highest BCUT2D eigenvalue weighted by atomic mass is 16.2. The summed E-state index contributed by atoms with van der Waals surface area (Å²) in [6.45, 7) is 0.446. The molecule has 1 atom stereocenters. The molecule has 3 N–H and O–H groups in total. The molecular formula is C20H21N3O2. The van der Waals surface area contributed by atoms with Gasteiger partial charge in [-0.15, -0.1) is 0 Å². The Morgan fingerprint density at radius 1 is 1.16 bits per heavy atom. The van der Waals surface area contributed by atoms with Crippen LogP contribution in [0.25, 0.3) is 0 Å². The number of fused-ring (bicyclic) bond motifs is 2. The zero-order valence-electron chi connectivity index (χ0n) is 14.0. The van der Waals surface area contributed by atoms with E-state index < -0.39 is 0 Å². The van der Waals surface area contributed by atoms with Crippen LogP contribution in [-0.2, 0) is 24.2 Å². The SMILES string of the molecule is O=C1Cc2cc(CNC(=O)N[C@@H]3CCCc4ccccc43)ccc2N1. The van der Waals surface area contributed by atoms with Gasteiger partial charge in [-0.2, -0.15) is 0 Å². The number of hydrogen-bond donors (Lipinski definition) is 3. The Balaban J connectivity index is 1.36. The van der Waals surface area contributed by atoms with E-state index in [0.717, 1.165) is 36.1 Å². The molecule has 0 unspecified atom stereocenters. The Labute approximate surface area is 146 Å². The Bertz CT molecular complexity index is 831. The van der Waals surface area contributed by atoms with E-state index >= 15 is 0 Å². The second kappa shape index (κ2) is 6.59. The summed E-state index contributed by atoms with van der Waals surface area (Å²) in [5, 5.41) is 8.83. The Morgan fingerprint density at radius 3 is 2.96 bits per heavy atom. The smallest absolute Gasteiger partial charge is 0.315 e. The van der Waals surface area contributed by atoms with E-state index in [1.165, 1.54) is 11.1 Å². The first-order valence-corrected chi connectivity index (χ1v) is 8.73. The van der Waals surface area contributed by atoms with Crippen LogP contribution < -0.4 is 16.0 Å². The third-order valence-corrected chi connectivity index (χ3v) is 4.92. The van der Waals surface area contributed by atoms with Crippen LogP contribution >= 0.6 is 0 Å². The zero-order valence-corrected chi connectivity index (χ0v) is 14.0. The van der Waals surface area contributed by atoms with Crippen molar-refractivity contribution in [3.05, 3.63) is 64.7 Å². The topological polar surface area (TPSA) is 70.2 Å². The van der Waals surface area contributed by atoms with Crippen molar-refractivity contribution in [1.82, 2.24) is 10.6 Å². The number of urea groups is 1. The van der Waals surface area contributed by atoms with Crippen LogP contribution in [0.15, 0.2) is 42.5 Å². The maximum absolute atomic E-state index is 12.3. The molecule has 2 aromatic carbocycles. The Hall–Kier alpha value is -2.82. The van der Waals surface area contributed by atoms with Gasteiger partial charge < -0.3 is 16.0 Å². The number of anilines is 1. The summed E-state index contributed by atoms with van der Waals surface area (Å²) in [4.78, 5) is 23.7. The predicted molar refractivity (Wildman–Crippen MR) is 96.3 cm³/mol. The van der Waals surface area contributed by atoms with Gasteiger partial charge >= 0.3 is 6.03 Å². The lowest BCUT2D eigenvalue weighted by Gasteiger charge is -2.26. The number of aryl methyl sites for hydroxylation is 1. The minimum absolute atomic E-state index is 0.0221. The summed E-state index contributed by atoms with van der Waals surface area (Å²) in [5.74, 6) is 0.0221. The second-order valence-corrected chi connectivity index (χ2v) is 6.69. The first-order chi connectivity index (χ1) is 12.2. The highest BCUT2D eigenvalue weighted by molar-refractivity contribution is 5.99. The molecule has 0 bridgehead atoms. The van der Waals surface area contributed by atoms with Crippen LogP contribution in [0.4, 0.5) is 10.5 Å². The summed E-state index contributed by atoms with van der Waals surface area (Å²) in [6, 6.07) is 14.0. The van der Waals surface area contributed by atoms with Gasteiger partial charge in [0, 0.05) is 12.2 Å². The minimum atomic E-state index is -0.156. The Kier molecular flexibility index (Phi) is 4.14. The average Bonchev–Trinajstić information content (AvgIpc) is 2.99. The van der Waals surface area contributed by atoms with Crippen LogP contribution in [0.2, 0.25) is 0 Å². The van der Waals surface area contributed by atoms with Gasteiger partial charge in [0.25, 0.3) is 0 Å². The fourth-order valence-corrected chi connectivity index (χ4v) is 3.69. The van der Waals surface area contributed by atoms with E-state index in [4.69, 9.17) is 0 Å². The monoisotopic (exact) mass is 335 g/mol. The molecule has 1 aliphatic carbocycles. The van der Waals surface area contributed by atoms with Crippen molar-refractivity contribution in [2.75, 3.05) is 5.32 Å². The van der Waals surface area contributed by atoms with Gasteiger partial charge in [-0.1, -0.05) is 36.4 Å². The first kappa shape index (κ1) is 15.7. The molecule has 2 aliphatic rings. The highest BCUT2D eigenvalue weighted by Crippen LogP contribution is 2.29. The lowest BCUT2D eigenvalue weighted by atomic mass is 9.88. The lowest BCUT2D eigenvalue weighted by molar-refractivity contribution is -0.115. The normalized spacial score (nSPS) is 18.1. The van der Waals surface area contributed by atoms with Crippen molar-refractivity contribution in [3.8, 4) is 0 Å². The molecule has 3 amide bonds. The molecule has 0 radical (unpaired) electrons. The summed E-state index contributed by atoms with van der Waals surface area (Å²) in [7, 11) is 0. The molecule has 1 aliphatic heterocycles. The van der Waals surface area contributed by atoms with Gasteiger partial charge in [0.15, 0.2) is 0 Å². The van der Waals surface area contributed by atoms with E-state index in [9.17, 15) is 9.59 Å². The molecule has 25 heavy (non-hydrogen) atoms. The van der Waals surface area contributed by atoms with E-state index in [-0.39, 0.29) is 18.0 Å². The van der Waals surface area contributed by atoms with Gasteiger partial charge in [-0.25, -0.2) is 4.79 Å². The number of amides is 3. The second-order valence-electron chi connectivity index (χ2n) is 6.69. The van der Waals surface area contributed by atoms with E-state index in [1.807, 2.05) is 24.3 Å². The van der Waals surface area contributed by atoms with Crippen LogP contribution in [-0.4, -0.2) is 11.9 Å². The van der Waals surface area contributed by atoms with Crippen molar-refractivity contribution in [2.24, 2.45) is 0 Å². The molecule has 0 saturated heterocycles. The van der Waals surface area contributed by atoms with Crippen molar-refractivity contribution < 1.29 is 9.59 Å². The van der Waals surface area contributed by atoms with Gasteiger partial charge in [-0.3, -0.25) is 4.79 Å². The first-order valence-electron chi connectivity index (χ1n) is 8.73.